The highest BCUT2D eigenvalue weighted by Crippen LogP contribution is 2.41. The molecule has 130 valence electrons. The van der Waals surface area contributed by atoms with Crippen molar-refractivity contribution in [1.82, 2.24) is 9.97 Å². The van der Waals surface area contributed by atoms with E-state index in [0.717, 1.165) is 47.2 Å². The Kier molecular flexibility index (Phi) is 3.52. The molecule has 0 radical (unpaired) electrons. The molecule has 3 aliphatic rings. The molecule has 0 saturated heterocycles. The lowest BCUT2D eigenvalue weighted by molar-refractivity contribution is 0.174. The Balaban J connectivity index is 1.34. The quantitative estimate of drug-likeness (QED) is 0.872. The topological polar surface area (TPSA) is 82.3 Å². The predicted octanol–water partition coefficient (Wildman–Crippen LogP) is 2.90. The summed E-state index contributed by atoms with van der Waals surface area (Å²) in [6.45, 7) is 0.997. The van der Waals surface area contributed by atoms with E-state index in [-0.39, 0.29) is 0 Å². The van der Waals surface area contributed by atoms with E-state index in [9.17, 15) is 0 Å². The molecule has 2 heterocycles. The molecule has 1 aliphatic heterocycles. The van der Waals surface area contributed by atoms with Crippen LogP contribution in [0.3, 0.4) is 0 Å². The van der Waals surface area contributed by atoms with Crippen molar-refractivity contribution < 1.29 is 9.47 Å². The third-order valence-electron chi connectivity index (χ3n) is 5.21. The second-order valence-corrected chi connectivity index (χ2v) is 7.28. The highest BCUT2D eigenvalue weighted by molar-refractivity contribution is 5.46. The van der Waals surface area contributed by atoms with Gasteiger partial charge in [-0.15, -0.1) is 0 Å². The van der Waals surface area contributed by atoms with Gasteiger partial charge in [0, 0.05) is 36.2 Å². The maximum absolute atomic E-state index is 5.95. The lowest BCUT2D eigenvalue weighted by atomic mass is 9.78. The Morgan fingerprint density at radius 1 is 1.04 bits per heavy atom. The third-order valence-corrected chi connectivity index (χ3v) is 5.21. The van der Waals surface area contributed by atoms with Gasteiger partial charge >= 0.3 is 0 Å². The first kappa shape index (κ1) is 15.0. The van der Waals surface area contributed by atoms with E-state index in [4.69, 9.17) is 25.2 Å². The Bertz CT molecular complexity index is 800. The summed E-state index contributed by atoms with van der Waals surface area (Å²) in [5.74, 6) is 4.55. The maximum atomic E-state index is 5.95. The first-order valence-electron chi connectivity index (χ1n) is 9.01. The highest BCUT2D eigenvalue weighted by Gasteiger charge is 2.32. The molecule has 0 bridgehead atoms. The molecule has 0 atom stereocenters. The number of anilines is 1. The molecule has 0 spiro atoms. The van der Waals surface area contributed by atoms with Crippen LogP contribution in [0.25, 0.3) is 0 Å². The van der Waals surface area contributed by atoms with Gasteiger partial charge in [0.15, 0.2) is 11.5 Å². The van der Waals surface area contributed by atoms with Crippen molar-refractivity contribution >= 4 is 5.82 Å². The Morgan fingerprint density at radius 2 is 1.88 bits per heavy atom. The van der Waals surface area contributed by atoms with E-state index >= 15 is 0 Å². The van der Waals surface area contributed by atoms with Crippen LogP contribution in [0.5, 0.6) is 11.5 Å². The van der Waals surface area contributed by atoms with Gasteiger partial charge in [0.05, 0.1) is 0 Å². The molecular formula is C19H22N4O2. The third kappa shape index (κ3) is 3.02. The van der Waals surface area contributed by atoms with Crippen LogP contribution < -0.4 is 20.5 Å². The molecule has 2 aromatic rings. The van der Waals surface area contributed by atoms with Crippen LogP contribution >= 0.6 is 0 Å². The molecule has 0 amide bonds. The van der Waals surface area contributed by atoms with Crippen molar-refractivity contribution in [2.75, 3.05) is 12.1 Å². The van der Waals surface area contributed by atoms with Gasteiger partial charge in [-0.05, 0) is 43.4 Å². The number of nitrogens with zero attached hydrogens (tertiary/aromatic N) is 2. The van der Waals surface area contributed by atoms with Gasteiger partial charge in [-0.3, -0.25) is 0 Å². The summed E-state index contributed by atoms with van der Waals surface area (Å²) in [4.78, 5) is 9.54. The summed E-state index contributed by atoms with van der Waals surface area (Å²) in [5.41, 5.74) is 8.24. The maximum Gasteiger partial charge on any atom is 0.231 e. The second-order valence-electron chi connectivity index (χ2n) is 7.28. The number of nitrogens with two attached hydrogens (primary N) is 1. The Morgan fingerprint density at radius 3 is 2.68 bits per heavy atom. The van der Waals surface area contributed by atoms with Crippen molar-refractivity contribution in [3.8, 4) is 11.5 Å². The van der Waals surface area contributed by atoms with Crippen molar-refractivity contribution in [1.29, 1.82) is 0 Å². The van der Waals surface area contributed by atoms with Crippen LogP contribution in [0.1, 0.15) is 54.6 Å². The standard InChI is InChI=1S/C19H22N4O2/c20-14-6-13(7-14)15-8-18(23-19(22-15)12-2-3-12)21-9-11-1-4-16-17(5-11)25-10-24-16/h1,4-5,8,12-14H,2-3,6-7,9-10,20H2,(H,21,22,23). The summed E-state index contributed by atoms with van der Waals surface area (Å²) in [6, 6.07) is 8.44. The minimum Gasteiger partial charge on any atom is -0.454 e. The SMILES string of the molecule is NC1CC(c2cc(NCc3ccc4c(c3)OCO4)nc(C3CC3)n2)C1. The van der Waals surface area contributed by atoms with Gasteiger partial charge in [-0.2, -0.15) is 0 Å². The van der Waals surface area contributed by atoms with Gasteiger partial charge in [0.1, 0.15) is 11.6 Å². The molecule has 3 N–H and O–H groups in total. The van der Waals surface area contributed by atoms with Crippen molar-refractivity contribution in [3.05, 3.63) is 41.3 Å². The molecule has 6 heteroatoms. The number of benzene rings is 1. The zero-order valence-electron chi connectivity index (χ0n) is 14.1. The van der Waals surface area contributed by atoms with Crippen molar-refractivity contribution in [3.63, 3.8) is 0 Å². The van der Waals surface area contributed by atoms with Crippen LogP contribution in [-0.2, 0) is 6.54 Å². The van der Waals surface area contributed by atoms with Crippen LogP contribution in [0.15, 0.2) is 24.3 Å². The average molecular weight is 338 g/mol. The number of ether oxygens (including phenoxy) is 2. The summed E-state index contributed by atoms with van der Waals surface area (Å²) in [7, 11) is 0. The van der Waals surface area contributed by atoms with E-state index in [1.54, 1.807) is 0 Å². The van der Waals surface area contributed by atoms with Crippen molar-refractivity contribution in [2.45, 2.75) is 50.1 Å². The molecular weight excluding hydrogens is 316 g/mol. The number of nitrogens with one attached hydrogen (secondary N) is 1. The van der Waals surface area contributed by atoms with Gasteiger partial charge in [-0.1, -0.05) is 6.07 Å². The van der Waals surface area contributed by atoms with Gasteiger partial charge in [0.2, 0.25) is 6.79 Å². The van der Waals surface area contributed by atoms with Crippen LogP contribution in [0.4, 0.5) is 5.82 Å². The fourth-order valence-electron chi connectivity index (χ4n) is 3.46. The lowest BCUT2D eigenvalue weighted by Crippen LogP contribution is -2.35. The number of rotatable bonds is 5. The monoisotopic (exact) mass is 338 g/mol. The molecule has 5 rings (SSSR count). The predicted molar refractivity (Wildman–Crippen MR) is 93.8 cm³/mol. The zero-order chi connectivity index (χ0) is 16.8. The molecule has 0 unspecified atom stereocenters. The molecule has 6 nitrogen and oxygen atoms in total. The van der Waals surface area contributed by atoms with Crippen LogP contribution in [0.2, 0.25) is 0 Å². The van der Waals surface area contributed by atoms with Crippen molar-refractivity contribution in [2.24, 2.45) is 5.73 Å². The number of fused-ring (bicyclic) bond motifs is 1. The van der Waals surface area contributed by atoms with E-state index < -0.39 is 0 Å². The number of aromatic nitrogens is 2. The first-order chi connectivity index (χ1) is 12.2. The van der Waals surface area contributed by atoms with E-state index in [2.05, 4.69) is 17.4 Å². The highest BCUT2D eigenvalue weighted by atomic mass is 16.7. The summed E-state index contributed by atoms with van der Waals surface area (Å²) in [6.07, 6.45) is 4.47. The summed E-state index contributed by atoms with van der Waals surface area (Å²) in [5, 5.41) is 3.45. The number of hydrogen-bond acceptors (Lipinski definition) is 6. The molecule has 25 heavy (non-hydrogen) atoms. The zero-order valence-corrected chi connectivity index (χ0v) is 14.1. The summed E-state index contributed by atoms with van der Waals surface area (Å²) >= 11 is 0. The van der Waals surface area contributed by atoms with Crippen LogP contribution in [0, 0.1) is 0 Å². The second kappa shape index (κ2) is 5.88. The van der Waals surface area contributed by atoms with Gasteiger partial charge < -0.3 is 20.5 Å². The molecule has 2 fully saturated rings. The Hall–Kier alpha value is -2.34. The number of hydrogen-bond donors (Lipinski definition) is 2. The van der Waals surface area contributed by atoms with E-state index in [1.165, 1.54) is 12.8 Å². The Labute approximate surface area is 146 Å². The lowest BCUT2D eigenvalue weighted by Gasteiger charge is -2.32. The molecule has 1 aromatic carbocycles. The average Bonchev–Trinajstić information content (AvgIpc) is 3.35. The van der Waals surface area contributed by atoms with Crippen LogP contribution in [-0.4, -0.2) is 22.8 Å². The molecule has 1 aromatic heterocycles. The molecule has 2 aliphatic carbocycles. The first-order valence-corrected chi connectivity index (χ1v) is 9.01. The largest absolute Gasteiger partial charge is 0.454 e. The fourth-order valence-corrected chi connectivity index (χ4v) is 3.46. The van der Waals surface area contributed by atoms with E-state index in [1.807, 2.05) is 12.1 Å². The summed E-state index contributed by atoms with van der Waals surface area (Å²) < 4.78 is 10.8. The fraction of sp³-hybridized carbons (Fsp3) is 0.474. The smallest absolute Gasteiger partial charge is 0.231 e. The van der Waals surface area contributed by atoms with Gasteiger partial charge in [0.25, 0.3) is 0 Å². The van der Waals surface area contributed by atoms with Gasteiger partial charge in [-0.25, -0.2) is 9.97 Å². The minimum atomic E-state index is 0.301. The normalized spacial score (nSPS) is 24.0. The molecule has 2 saturated carbocycles. The van der Waals surface area contributed by atoms with E-state index in [0.29, 0.717) is 31.2 Å². The minimum absolute atomic E-state index is 0.301.